The summed E-state index contributed by atoms with van der Waals surface area (Å²) in [6, 6.07) is 11.8. The molecule has 7 heteroatoms. The number of ether oxygens (including phenoxy) is 2. The van der Waals surface area contributed by atoms with Gasteiger partial charge in [-0.3, -0.25) is 10.1 Å². The van der Waals surface area contributed by atoms with Crippen LogP contribution in [0.5, 0.6) is 11.5 Å². The summed E-state index contributed by atoms with van der Waals surface area (Å²) < 4.78 is 34.3. The van der Waals surface area contributed by atoms with Crippen molar-refractivity contribution in [2.45, 2.75) is 13.2 Å². The Morgan fingerprint density at radius 3 is 2.38 bits per heavy atom. The fraction of sp³-hybridized carbons (Fsp3) is 0.143. The molecule has 0 aliphatic heterocycles. The van der Waals surface area contributed by atoms with Gasteiger partial charge in [-0.15, -0.1) is 0 Å². The lowest BCUT2D eigenvalue weighted by Crippen LogP contribution is -2.06. The second-order valence-electron chi connectivity index (χ2n) is 4.03. The number of benzene rings is 2. The highest BCUT2D eigenvalue weighted by Gasteiger charge is 2.10. The molecule has 0 unspecified atom stereocenters. The number of non-ortho nitro benzene ring substituents is 1. The quantitative estimate of drug-likeness (QED) is 0.601. The van der Waals surface area contributed by atoms with Crippen molar-refractivity contribution in [2.24, 2.45) is 0 Å². The van der Waals surface area contributed by atoms with E-state index in [0.29, 0.717) is 11.3 Å². The summed E-state index contributed by atoms with van der Waals surface area (Å²) in [6.45, 7) is -2.90. The van der Waals surface area contributed by atoms with Crippen LogP contribution in [0.3, 0.4) is 0 Å². The summed E-state index contributed by atoms with van der Waals surface area (Å²) in [6.07, 6.45) is 0. The summed E-state index contributed by atoms with van der Waals surface area (Å²) in [5.74, 6) is 0.432. The number of rotatable bonds is 6. The van der Waals surface area contributed by atoms with E-state index in [4.69, 9.17) is 4.74 Å². The van der Waals surface area contributed by atoms with Crippen LogP contribution in [-0.2, 0) is 6.61 Å². The van der Waals surface area contributed by atoms with Gasteiger partial charge in [0.05, 0.1) is 4.92 Å². The highest BCUT2D eigenvalue weighted by molar-refractivity contribution is 5.37. The molecule has 2 rings (SSSR count). The smallest absolute Gasteiger partial charge is 0.387 e. The first kappa shape index (κ1) is 14.7. The number of para-hydroxylation sites is 1. The molecule has 0 saturated heterocycles. The van der Waals surface area contributed by atoms with Gasteiger partial charge in [-0.25, -0.2) is 0 Å². The minimum Gasteiger partial charge on any atom is -0.489 e. The van der Waals surface area contributed by atoms with Crippen LogP contribution in [0.15, 0.2) is 48.5 Å². The minimum absolute atomic E-state index is 0.0146. The van der Waals surface area contributed by atoms with Crippen molar-refractivity contribution >= 4 is 5.69 Å². The predicted octanol–water partition coefficient (Wildman–Crippen LogP) is 3.78. The van der Waals surface area contributed by atoms with Gasteiger partial charge in [-0.1, -0.05) is 18.2 Å². The fourth-order valence-corrected chi connectivity index (χ4v) is 1.66. The Kier molecular flexibility index (Phi) is 4.65. The molecule has 0 radical (unpaired) electrons. The van der Waals surface area contributed by atoms with E-state index in [1.54, 1.807) is 18.2 Å². The van der Waals surface area contributed by atoms with E-state index in [2.05, 4.69) is 4.74 Å². The number of hydrogen-bond donors (Lipinski definition) is 0. The largest absolute Gasteiger partial charge is 0.489 e. The number of nitro benzene ring substituents is 1. The molecular weight excluding hydrogens is 284 g/mol. The number of halogens is 2. The molecule has 21 heavy (non-hydrogen) atoms. The van der Waals surface area contributed by atoms with Crippen LogP contribution in [-0.4, -0.2) is 11.5 Å². The van der Waals surface area contributed by atoms with E-state index < -0.39 is 11.5 Å². The average Bonchev–Trinajstić information content (AvgIpc) is 2.46. The Morgan fingerprint density at radius 1 is 1.10 bits per heavy atom. The Bertz CT molecular complexity index is 617. The third-order valence-electron chi connectivity index (χ3n) is 2.63. The summed E-state index contributed by atoms with van der Waals surface area (Å²) >= 11 is 0. The topological polar surface area (TPSA) is 61.6 Å². The highest BCUT2D eigenvalue weighted by Crippen LogP contribution is 2.23. The SMILES string of the molecule is O=[N+]([O-])c1ccc(OCc2ccccc2OC(F)F)cc1. The molecule has 0 aliphatic rings. The Labute approximate surface area is 118 Å². The third-order valence-corrected chi connectivity index (χ3v) is 2.63. The predicted molar refractivity (Wildman–Crippen MR) is 70.5 cm³/mol. The van der Waals surface area contributed by atoms with Crippen molar-refractivity contribution in [3.05, 3.63) is 64.2 Å². The molecule has 5 nitrogen and oxygen atoms in total. The van der Waals surface area contributed by atoms with Gasteiger partial charge in [0.1, 0.15) is 18.1 Å². The minimum atomic E-state index is -2.91. The maximum atomic E-state index is 12.3. The molecule has 0 spiro atoms. The number of nitro groups is 1. The van der Waals surface area contributed by atoms with E-state index in [1.807, 2.05) is 0 Å². The van der Waals surface area contributed by atoms with Crippen LogP contribution in [0.1, 0.15) is 5.56 Å². The summed E-state index contributed by atoms with van der Waals surface area (Å²) in [5.41, 5.74) is 0.403. The maximum absolute atomic E-state index is 12.3. The van der Waals surface area contributed by atoms with Crippen LogP contribution >= 0.6 is 0 Å². The van der Waals surface area contributed by atoms with E-state index in [1.165, 1.54) is 30.3 Å². The van der Waals surface area contributed by atoms with Gasteiger partial charge in [0.15, 0.2) is 0 Å². The van der Waals surface area contributed by atoms with E-state index >= 15 is 0 Å². The second kappa shape index (κ2) is 6.65. The summed E-state index contributed by atoms with van der Waals surface area (Å²) in [4.78, 5) is 10.00. The number of hydrogen-bond acceptors (Lipinski definition) is 4. The normalized spacial score (nSPS) is 10.4. The van der Waals surface area contributed by atoms with Gasteiger partial charge in [-0.2, -0.15) is 8.78 Å². The first-order chi connectivity index (χ1) is 10.1. The van der Waals surface area contributed by atoms with Gasteiger partial charge in [-0.05, 0) is 18.2 Å². The lowest BCUT2D eigenvalue weighted by Gasteiger charge is -2.11. The van der Waals surface area contributed by atoms with E-state index in [9.17, 15) is 18.9 Å². The molecule has 0 bridgehead atoms. The van der Waals surface area contributed by atoms with Crippen molar-refractivity contribution in [3.8, 4) is 11.5 Å². The molecule has 0 saturated carbocycles. The zero-order chi connectivity index (χ0) is 15.2. The lowest BCUT2D eigenvalue weighted by atomic mass is 10.2. The summed E-state index contributed by atoms with van der Waals surface area (Å²) in [5, 5.41) is 10.5. The van der Waals surface area contributed by atoms with Crippen molar-refractivity contribution in [1.82, 2.24) is 0 Å². The first-order valence-electron chi connectivity index (χ1n) is 5.96. The molecule has 0 atom stereocenters. The second-order valence-corrected chi connectivity index (χ2v) is 4.03. The van der Waals surface area contributed by atoms with Crippen LogP contribution in [0.4, 0.5) is 14.5 Å². The van der Waals surface area contributed by atoms with Crippen molar-refractivity contribution < 1.29 is 23.2 Å². The third kappa shape index (κ3) is 4.13. The van der Waals surface area contributed by atoms with E-state index in [-0.39, 0.29) is 18.0 Å². The summed E-state index contributed by atoms with van der Waals surface area (Å²) in [7, 11) is 0. The van der Waals surface area contributed by atoms with Crippen LogP contribution < -0.4 is 9.47 Å². The van der Waals surface area contributed by atoms with Crippen molar-refractivity contribution in [3.63, 3.8) is 0 Å². The zero-order valence-corrected chi connectivity index (χ0v) is 10.7. The molecule has 2 aromatic carbocycles. The van der Waals surface area contributed by atoms with Crippen LogP contribution in [0.2, 0.25) is 0 Å². The fourth-order valence-electron chi connectivity index (χ4n) is 1.66. The Balaban J connectivity index is 2.04. The molecule has 0 aliphatic carbocycles. The molecular formula is C14H11F2NO4. The zero-order valence-electron chi connectivity index (χ0n) is 10.7. The Morgan fingerprint density at radius 2 is 1.76 bits per heavy atom. The highest BCUT2D eigenvalue weighted by atomic mass is 19.3. The van der Waals surface area contributed by atoms with Crippen molar-refractivity contribution in [2.75, 3.05) is 0 Å². The lowest BCUT2D eigenvalue weighted by molar-refractivity contribution is -0.384. The standard InChI is InChI=1S/C14H11F2NO4/c15-14(16)21-13-4-2-1-3-10(13)9-20-12-7-5-11(6-8-12)17(18)19/h1-8,14H,9H2. The molecule has 0 N–H and O–H groups in total. The van der Waals surface area contributed by atoms with Gasteiger partial charge < -0.3 is 9.47 Å². The molecule has 0 aromatic heterocycles. The number of nitrogens with zero attached hydrogens (tertiary/aromatic N) is 1. The van der Waals surface area contributed by atoms with Crippen molar-refractivity contribution in [1.29, 1.82) is 0 Å². The average molecular weight is 295 g/mol. The van der Waals surface area contributed by atoms with Gasteiger partial charge in [0.25, 0.3) is 5.69 Å². The first-order valence-corrected chi connectivity index (χ1v) is 5.96. The molecule has 0 heterocycles. The molecule has 110 valence electrons. The molecule has 0 amide bonds. The monoisotopic (exact) mass is 295 g/mol. The number of alkyl halides is 2. The molecule has 2 aromatic rings. The van der Waals surface area contributed by atoms with Crippen LogP contribution in [0, 0.1) is 10.1 Å². The van der Waals surface area contributed by atoms with Crippen LogP contribution in [0.25, 0.3) is 0 Å². The van der Waals surface area contributed by atoms with Gasteiger partial charge >= 0.3 is 6.61 Å². The Hall–Kier alpha value is -2.70. The van der Waals surface area contributed by atoms with E-state index in [0.717, 1.165) is 0 Å². The maximum Gasteiger partial charge on any atom is 0.387 e. The molecule has 0 fully saturated rings. The van der Waals surface area contributed by atoms with Gasteiger partial charge in [0, 0.05) is 17.7 Å². The van der Waals surface area contributed by atoms with Gasteiger partial charge in [0.2, 0.25) is 0 Å².